The molecule has 0 unspecified atom stereocenters. The molecule has 0 heterocycles. The van der Waals surface area contributed by atoms with E-state index in [0.29, 0.717) is 40.7 Å². The first-order chi connectivity index (χ1) is 16.6. The fourth-order valence-electron chi connectivity index (χ4n) is 3.14. The number of nitrogens with one attached hydrogen (secondary N) is 2. The standard InChI is InChI=1S/C26H31N3O6/c1-7-34-23-15-18(9-11-22(23)33-6)19(12-13-27)17-8-10-21(32-5)20(14-17)29-24(30)16-28-25(31)35-26(2,3)4/h8-12,14-15H,7,16H2,1-6H3,(H,28,31)(H,29,30)/b19-12-. The Morgan fingerprint density at radius 3 is 2.20 bits per heavy atom. The summed E-state index contributed by atoms with van der Waals surface area (Å²) in [6.07, 6.45) is 0.715. The summed E-state index contributed by atoms with van der Waals surface area (Å²) >= 11 is 0. The van der Waals surface area contributed by atoms with Crippen molar-refractivity contribution in [2.24, 2.45) is 0 Å². The zero-order valence-electron chi connectivity index (χ0n) is 20.9. The van der Waals surface area contributed by atoms with E-state index < -0.39 is 17.6 Å². The van der Waals surface area contributed by atoms with Gasteiger partial charge in [0.25, 0.3) is 0 Å². The summed E-state index contributed by atoms with van der Waals surface area (Å²) in [7, 11) is 3.03. The molecule has 0 atom stereocenters. The van der Waals surface area contributed by atoms with Crippen LogP contribution in [0.3, 0.4) is 0 Å². The monoisotopic (exact) mass is 481 g/mol. The first kappa shape index (κ1) is 27.1. The number of carbonyl (C=O) groups excluding carboxylic acids is 2. The molecular weight excluding hydrogens is 450 g/mol. The number of rotatable bonds is 9. The Bertz CT molecular complexity index is 1130. The van der Waals surface area contributed by atoms with Crippen molar-refractivity contribution in [2.75, 3.05) is 32.7 Å². The lowest BCUT2D eigenvalue weighted by Gasteiger charge is -2.19. The summed E-state index contributed by atoms with van der Waals surface area (Å²) in [5.41, 5.74) is 1.70. The topological polar surface area (TPSA) is 119 Å². The highest BCUT2D eigenvalue weighted by Gasteiger charge is 2.18. The molecule has 0 aliphatic heterocycles. The van der Waals surface area contributed by atoms with Crippen LogP contribution >= 0.6 is 0 Å². The number of nitriles is 1. The maximum atomic E-state index is 12.5. The smallest absolute Gasteiger partial charge is 0.408 e. The predicted molar refractivity (Wildman–Crippen MR) is 133 cm³/mol. The maximum absolute atomic E-state index is 12.5. The molecular formula is C26H31N3O6. The number of carbonyl (C=O) groups is 2. The molecule has 0 aliphatic rings. The molecule has 186 valence electrons. The molecule has 0 radical (unpaired) electrons. The van der Waals surface area contributed by atoms with E-state index in [1.807, 2.05) is 13.0 Å². The fraction of sp³-hybridized carbons (Fsp3) is 0.346. The number of hydrogen-bond acceptors (Lipinski definition) is 7. The van der Waals surface area contributed by atoms with Gasteiger partial charge in [-0.25, -0.2) is 4.79 Å². The molecule has 2 amide bonds. The highest BCUT2D eigenvalue weighted by molar-refractivity contribution is 5.96. The normalized spacial score (nSPS) is 11.2. The fourth-order valence-corrected chi connectivity index (χ4v) is 3.14. The van der Waals surface area contributed by atoms with E-state index in [1.165, 1.54) is 13.2 Å². The van der Waals surface area contributed by atoms with Gasteiger partial charge >= 0.3 is 6.09 Å². The van der Waals surface area contributed by atoms with Gasteiger partial charge in [0.05, 0.1) is 32.6 Å². The Labute approximate surface area is 205 Å². The van der Waals surface area contributed by atoms with Crippen molar-refractivity contribution >= 4 is 23.3 Å². The molecule has 0 saturated heterocycles. The van der Waals surface area contributed by atoms with E-state index in [0.717, 1.165) is 5.56 Å². The number of nitrogens with zero attached hydrogens (tertiary/aromatic N) is 1. The quantitative estimate of drug-likeness (QED) is 0.505. The molecule has 2 aromatic rings. The third-order valence-corrected chi connectivity index (χ3v) is 4.56. The number of alkyl carbamates (subject to hydrolysis) is 1. The maximum Gasteiger partial charge on any atom is 0.408 e. The van der Waals surface area contributed by atoms with Crippen LogP contribution in [0.1, 0.15) is 38.8 Å². The molecule has 0 aliphatic carbocycles. The number of methoxy groups -OCH3 is 2. The Hall–Kier alpha value is -4.19. The minimum atomic E-state index is -0.697. The average Bonchev–Trinajstić information content (AvgIpc) is 2.80. The van der Waals surface area contributed by atoms with Crippen LogP contribution in [0.2, 0.25) is 0 Å². The number of ether oxygens (including phenoxy) is 4. The SMILES string of the molecule is CCOc1cc(/C(=C\C#N)c2ccc(OC)c(NC(=O)CNC(=O)OC(C)(C)C)c2)ccc1OC. The lowest BCUT2D eigenvalue weighted by Crippen LogP contribution is -2.37. The van der Waals surface area contributed by atoms with E-state index in [4.69, 9.17) is 18.9 Å². The summed E-state index contributed by atoms with van der Waals surface area (Å²) < 4.78 is 21.5. The van der Waals surface area contributed by atoms with Gasteiger partial charge in [-0.1, -0.05) is 12.1 Å². The average molecular weight is 482 g/mol. The minimum absolute atomic E-state index is 0.292. The summed E-state index contributed by atoms with van der Waals surface area (Å²) in [6.45, 7) is 7.22. The molecule has 2 aromatic carbocycles. The summed E-state index contributed by atoms with van der Waals surface area (Å²) in [5.74, 6) is 1.07. The lowest BCUT2D eigenvalue weighted by molar-refractivity contribution is -0.115. The van der Waals surface area contributed by atoms with Crippen molar-refractivity contribution in [3.8, 4) is 23.3 Å². The van der Waals surface area contributed by atoms with Crippen molar-refractivity contribution in [3.63, 3.8) is 0 Å². The van der Waals surface area contributed by atoms with Gasteiger partial charge in [0.15, 0.2) is 11.5 Å². The van der Waals surface area contributed by atoms with E-state index in [2.05, 4.69) is 16.7 Å². The van der Waals surface area contributed by atoms with E-state index in [9.17, 15) is 14.9 Å². The number of amides is 2. The van der Waals surface area contributed by atoms with Gasteiger partial charge in [0.1, 0.15) is 17.9 Å². The van der Waals surface area contributed by atoms with Crippen molar-refractivity contribution in [2.45, 2.75) is 33.3 Å². The summed E-state index contributed by atoms with van der Waals surface area (Å²) in [4.78, 5) is 24.3. The third-order valence-electron chi connectivity index (χ3n) is 4.56. The second-order valence-electron chi connectivity index (χ2n) is 8.30. The molecule has 0 fully saturated rings. The van der Waals surface area contributed by atoms with E-state index in [1.54, 1.807) is 58.2 Å². The molecule has 2 N–H and O–H groups in total. The van der Waals surface area contributed by atoms with Crippen molar-refractivity contribution in [1.82, 2.24) is 5.32 Å². The zero-order valence-corrected chi connectivity index (χ0v) is 20.9. The van der Waals surface area contributed by atoms with Gasteiger partial charge in [0.2, 0.25) is 5.91 Å². The Kier molecular flexibility index (Phi) is 9.53. The van der Waals surface area contributed by atoms with Crippen LogP contribution in [0.25, 0.3) is 5.57 Å². The van der Waals surface area contributed by atoms with Crippen LogP contribution < -0.4 is 24.8 Å². The Morgan fingerprint density at radius 1 is 1.00 bits per heavy atom. The third kappa shape index (κ3) is 7.96. The highest BCUT2D eigenvalue weighted by Crippen LogP contribution is 2.35. The molecule has 35 heavy (non-hydrogen) atoms. The van der Waals surface area contributed by atoms with Crippen LogP contribution in [0.15, 0.2) is 42.5 Å². The molecule has 0 saturated carbocycles. The van der Waals surface area contributed by atoms with Gasteiger partial charge in [-0.15, -0.1) is 0 Å². The molecule has 0 aromatic heterocycles. The highest BCUT2D eigenvalue weighted by atomic mass is 16.6. The van der Waals surface area contributed by atoms with Crippen LogP contribution in [-0.4, -0.2) is 45.0 Å². The lowest BCUT2D eigenvalue weighted by atomic mass is 9.96. The first-order valence-electron chi connectivity index (χ1n) is 11.0. The van der Waals surface area contributed by atoms with Gasteiger partial charge in [0, 0.05) is 6.08 Å². The van der Waals surface area contributed by atoms with Gasteiger partial charge in [-0.05, 0) is 68.7 Å². The van der Waals surface area contributed by atoms with Crippen LogP contribution in [0, 0.1) is 11.3 Å². The number of benzene rings is 2. The first-order valence-corrected chi connectivity index (χ1v) is 11.0. The number of anilines is 1. The van der Waals surface area contributed by atoms with Gasteiger partial charge in [-0.2, -0.15) is 5.26 Å². The molecule has 0 spiro atoms. The van der Waals surface area contributed by atoms with E-state index >= 15 is 0 Å². The predicted octanol–water partition coefficient (Wildman–Crippen LogP) is 4.52. The summed E-state index contributed by atoms with van der Waals surface area (Å²) in [5, 5.41) is 14.6. The van der Waals surface area contributed by atoms with Crippen LogP contribution in [0.5, 0.6) is 17.2 Å². The molecule has 2 rings (SSSR count). The van der Waals surface area contributed by atoms with E-state index in [-0.39, 0.29) is 6.54 Å². The van der Waals surface area contributed by atoms with Crippen molar-refractivity contribution < 1.29 is 28.5 Å². The van der Waals surface area contributed by atoms with Crippen molar-refractivity contribution in [1.29, 1.82) is 5.26 Å². The minimum Gasteiger partial charge on any atom is -0.495 e. The largest absolute Gasteiger partial charge is 0.495 e. The Balaban J connectivity index is 2.32. The van der Waals surface area contributed by atoms with Gasteiger partial charge in [-0.3, -0.25) is 4.79 Å². The van der Waals surface area contributed by atoms with Crippen molar-refractivity contribution in [3.05, 3.63) is 53.6 Å². The second-order valence-corrected chi connectivity index (χ2v) is 8.30. The summed E-state index contributed by atoms with van der Waals surface area (Å²) in [6, 6.07) is 12.6. The number of allylic oxidation sites excluding steroid dienone is 1. The number of hydrogen-bond donors (Lipinski definition) is 2. The Morgan fingerprint density at radius 2 is 1.63 bits per heavy atom. The second kappa shape index (κ2) is 12.3. The van der Waals surface area contributed by atoms with Crippen LogP contribution in [-0.2, 0) is 9.53 Å². The molecule has 9 heteroatoms. The zero-order chi connectivity index (χ0) is 26.0. The van der Waals surface area contributed by atoms with Gasteiger partial charge < -0.3 is 29.6 Å². The molecule has 9 nitrogen and oxygen atoms in total. The van der Waals surface area contributed by atoms with Crippen LogP contribution in [0.4, 0.5) is 10.5 Å². The molecule has 0 bridgehead atoms.